The predicted octanol–water partition coefficient (Wildman–Crippen LogP) is 4.56. The van der Waals surface area contributed by atoms with Gasteiger partial charge in [-0.1, -0.05) is 25.4 Å². The Morgan fingerprint density at radius 1 is 1.24 bits per heavy atom. The van der Waals surface area contributed by atoms with Crippen molar-refractivity contribution in [3.63, 3.8) is 0 Å². The summed E-state index contributed by atoms with van der Waals surface area (Å²) in [6.45, 7) is 6.88. The molecule has 0 radical (unpaired) electrons. The molecule has 0 N–H and O–H groups in total. The quantitative estimate of drug-likeness (QED) is 0.713. The first kappa shape index (κ1) is 13.0. The summed E-state index contributed by atoms with van der Waals surface area (Å²) < 4.78 is 0. The number of benzene rings is 1. The van der Waals surface area contributed by atoms with E-state index < -0.39 is 0 Å². The van der Waals surface area contributed by atoms with Crippen molar-refractivity contribution >= 4 is 28.9 Å². The summed E-state index contributed by atoms with van der Waals surface area (Å²) in [6, 6.07) is 6.04. The molecular formula is C14H19Cl2N. The lowest BCUT2D eigenvalue weighted by Crippen LogP contribution is -2.39. The number of hydrogen-bond acceptors (Lipinski definition) is 1. The Morgan fingerprint density at radius 2 is 1.88 bits per heavy atom. The molecule has 1 aliphatic rings. The van der Waals surface area contributed by atoms with Gasteiger partial charge in [0.15, 0.2) is 0 Å². The van der Waals surface area contributed by atoms with Crippen LogP contribution in [-0.4, -0.2) is 13.1 Å². The topological polar surface area (TPSA) is 3.24 Å². The van der Waals surface area contributed by atoms with Gasteiger partial charge in [-0.05, 0) is 42.0 Å². The van der Waals surface area contributed by atoms with Crippen LogP contribution in [0.5, 0.6) is 0 Å². The Bertz CT molecular complexity index is 382. The number of anilines is 1. The molecule has 94 valence electrons. The minimum atomic E-state index is 0.523. The molecule has 2 atom stereocenters. The molecule has 1 heterocycles. The Hall–Kier alpha value is -0.400. The summed E-state index contributed by atoms with van der Waals surface area (Å²) >= 11 is 12.0. The maximum Gasteiger partial charge on any atom is 0.0495 e. The van der Waals surface area contributed by atoms with Gasteiger partial charge in [0.05, 0.1) is 0 Å². The first-order valence-electron chi connectivity index (χ1n) is 6.19. The molecule has 2 rings (SSSR count). The molecule has 0 amide bonds. The van der Waals surface area contributed by atoms with E-state index in [0.29, 0.717) is 5.88 Å². The molecule has 3 heteroatoms. The molecule has 1 saturated heterocycles. The Morgan fingerprint density at radius 3 is 2.47 bits per heavy atom. The monoisotopic (exact) mass is 271 g/mol. The summed E-state index contributed by atoms with van der Waals surface area (Å²) in [5.74, 6) is 2.02. The summed E-state index contributed by atoms with van der Waals surface area (Å²) in [6.07, 6.45) is 1.32. The van der Waals surface area contributed by atoms with Gasteiger partial charge in [0.1, 0.15) is 0 Å². The highest BCUT2D eigenvalue weighted by Gasteiger charge is 2.23. The van der Waals surface area contributed by atoms with Crippen LogP contribution in [0.3, 0.4) is 0 Å². The smallest absolute Gasteiger partial charge is 0.0495 e. The van der Waals surface area contributed by atoms with Gasteiger partial charge in [-0.2, -0.15) is 0 Å². The minimum Gasteiger partial charge on any atom is -0.371 e. The molecule has 0 saturated carbocycles. The molecule has 1 fully saturated rings. The van der Waals surface area contributed by atoms with E-state index in [1.165, 1.54) is 12.1 Å². The van der Waals surface area contributed by atoms with Crippen molar-refractivity contribution in [3.8, 4) is 0 Å². The maximum atomic E-state index is 6.01. The number of rotatable bonds is 2. The lowest BCUT2D eigenvalue weighted by Gasteiger charge is -2.37. The predicted molar refractivity (Wildman–Crippen MR) is 76.2 cm³/mol. The van der Waals surface area contributed by atoms with Crippen LogP contribution in [0.25, 0.3) is 0 Å². The van der Waals surface area contributed by atoms with Crippen molar-refractivity contribution in [1.82, 2.24) is 0 Å². The van der Waals surface area contributed by atoms with Crippen LogP contribution >= 0.6 is 23.2 Å². The van der Waals surface area contributed by atoms with Gasteiger partial charge in [-0.15, -0.1) is 11.6 Å². The van der Waals surface area contributed by atoms with Gasteiger partial charge in [-0.3, -0.25) is 0 Å². The van der Waals surface area contributed by atoms with E-state index in [4.69, 9.17) is 23.2 Å². The first-order chi connectivity index (χ1) is 8.10. The Balaban J connectivity index is 2.26. The summed E-state index contributed by atoms with van der Waals surface area (Å²) in [5.41, 5.74) is 2.39. The van der Waals surface area contributed by atoms with Crippen molar-refractivity contribution in [2.75, 3.05) is 18.0 Å². The summed E-state index contributed by atoms with van der Waals surface area (Å²) in [7, 11) is 0. The van der Waals surface area contributed by atoms with Gasteiger partial charge >= 0.3 is 0 Å². The highest BCUT2D eigenvalue weighted by atomic mass is 35.5. The van der Waals surface area contributed by atoms with E-state index in [0.717, 1.165) is 35.5 Å². The van der Waals surface area contributed by atoms with E-state index in [2.05, 4.69) is 24.8 Å². The van der Waals surface area contributed by atoms with Crippen LogP contribution in [-0.2, 0) is 5.88 Å². The highest BCUT2D eigenvalue weighted by Crippen LogP contribution is 2.31. The molecule has 0 bridgehead atoms. The van der Waals surface area contributed by atoms with Crippen LogP contribution in [0.4, 0.5) is 5.69 Å². The van der Waals surface area contributed by atoms with E-state index in [9.17, 15) is 0 Å². The third-order valence-electron chi connectivity index (χ3n) is 3.40. The molecule has 1 aromatic rings. The fourth-order valence-electron chi connectivity index (χ4n) is 2.83. The lowest BCUT2D eigenvalue weighted by molar-refractivity contribution is 0.356. The molecule has 0 aliphatic carbocycles. The fourth-order valence-corrected chi connectivity index (χ4v) is 3.24. The molecule has 17 heavy (non-hydrogen) atoms. The zero-order valence-corrected chi connectivity index (χ0v) is 11.9. The standard InChI is InChI=1S/C14H19Cl2N/c1-10-5-11(2)9-17(8-10)14-4-3-13(16)6-12(14)7-15/h3-4,6,10-11H,5,7-9H2,1-2H3. The van der Waals surface area contributed by atoms with Crippen LogP contribution in [0.2, 0.25) is 5.02 Å². The third-order valence-corrected chi connectivity index (χ3v) is 3.92. The normalized spacial score (nSPS) is 25.1. The zero-order valence-electron chi connectivity index (χ0n) is 10.4. The third kappa shape index (κ3) is 3.08. The number of alkyl halides is 1. The zero-order chi connectivity index (χ0) is 12.4. The highest BCUT2D eigenvalue weighted by molar-refractivity contribution is 6.30. The Labute approximate surface area is 114 Å². The largest absolute Gasteiger partial charge is 0.371 e. The van der Waals surface area contributed by atoms with Crippen molar-refractivity contribution in [1.29, 1.82) is 0 Å². The SMILES string of the molecule is CC1CC(C)CN(c2ccc(Cl)cc2CCl)C1. The number of piperidine rings is 1. The minimum absolute atomic E-state index is 0.523. The van der Waals surface area contributed by atoms with Crippen molar-refractivity contribution < 1.29 is 0 Å². The van der Waals surface area contributed by atoms with E-state index in [-0.39, 0.29) is 0 Å². The van der Waals surface area contributed by atoms with E-state index >= 15 is 0 Å². The molecule has 0 aromatic heterocycles. The van der Waals surface area contributed by atoms with Crippen LogP contribution < -0.4 is 4.90 Å². The van der Waals surface area contributed by atoms with Crippen LogP contribution in [0, 0.1) is 11.8 Å². The second-order valence-corrected chi connectivity index (χ2v) is 5.96. The molecule has 1 aliphatic heterocycles. The maximum absolute atomic E-state index is 6.01. The second-order valence-electron chi connectivity index (χ2n) is 5.26. The van der Waals surface area contributed by atoms with E-state index in [1.54, 1.807) is 0 Å². The molecular weight excluding hydrogens is 253 g/mol. The molecule has 2 unspecified atom stereocenters. The van der Waals surface area contributed by atoms with Gasteiger partial charge in [0.2, 0.25) is 0 Å². The molecule has 0 spiro atoms. The summed E-state index contributed by atoms with van der Waals surface area (Å²) in [4.78, 5) is 2.45. The molecule has 1 aromatic carbocycles. The number of hydrogen-bond donors (Lipinski definition) is 0. The van der Waals surface area contributed by atoms with Gasteiger partial charge in [0.25, 0.3) is 0 Å². The average molecular weight is 272 g/mol. The van der Waals surface area contributed by atoms with Crippen molar-refractivity contribution in [3.05, 3.63) is 28.8 Å². The van der Waals surface area contributed by atoms with Crippen molar-refractivity contribution in [2.45, 2.75) is 26.1 Å². The fraction of sp³-hybridized carbons (Fsp3) is 0.571. The van der Waals surface area contributed by atoms with Crippen molar-refractivity contribution in [2.24, 2.45) is 11.8 Å². The van der Waals surface area contributed by atoms with Crippen LogP contribution in [0.15, 0.2) is 18.2 Å². The Kier molecular flexibility index (Phi) is 4.22. The van der Waals surface area contributed by atoms with Gasteiger partial charge in [-0.25, -0.2) is 0 Å². The second kappa shape index (κ2) is 5.49. The summed E-state index contributed by atoms with van der Waals surface area (Å²) in [5, 5.41) is 0.766. The van der Waals surface area contributed by atoms with Gasteiger partial charge < -0.3 is 4.90 Å². The number of halogens is 2. The number of nitrogens with zero attached hydrogens (tertiary/aromatic N) is 1. The average Bonchev–Trinajstić information content (AvgIpc) is 2.27. The van der Waals surface area contributed by atoms with Gasteiger partial charge in [0, 0.05) is 29.7 Å². The van der Waals surface area contributed by atoms with E-state index in [1.807, 2.05) is 12.1 Å². The molecule has 1 nitrogen and oxygen atoms in total. The first-order valence-corrected chi connectivity index (χ1v) is 7.10. The van der Waals surface area contributed by atoms with Crippen LogP contribution in [0.1, 0.15) is 25.8 Å². The lowest BCUT2D eigenvalue weighted by atomic mass is 9.91.